The molecule has 34 heavy (non-hydrogen) atoms. The first-order valence-corrected chi connectivity index (χ1v) is 13.0. The smallest absolute Gasteiger partial charge is 0.161 e. The largest absolute Gasteiger partial charge is 0.486 e. The minimum Gasteiger partial charge on any atom is -0.486 e. The minimum atomic E-state index is -0.950. The normalized spacial score (nSPS) is 36.0. The zero-order valence-corrected chi connectivity index (χ0v) is 20.3. The third kappa shape index (κ3) is 3.20. The predicted octanol–water partition coefficient (Wildman–Crippen LogP) is 5.50. The Morgan fingerprint density at radius 2 is 1.94 bits per heavy atom. The molecular weight excluding hydrogens is 424 g/mol. The van der Waals surface area contributed by atoms with Crippen molar-refractivity contribution in [3.05, 3.63) is 46.6 Å². The van der Waals surface area contributed by atoms with Crippen LogP contribution in [0.3, 0.4) is 0 Å². The Labute approximate surface area is 202 Å². The van der Waals surface area contributed by atoms with Gasteiger partial charge in [-0.2, -0.15) is 0 Å². The summed E-state index contributed by atoms with van der Waals surface area (Å²) in [4.78, 5) is 12.2. The molecule has 0 saturated heterocycles. The van der Waals surface area contributed by atoms with Crippen LogP contribution < -0.4 is 9.47 Å². The Morgan fingerprint density at radius 1 is 1.12 bits per heavy atom. The summed E-state index contributed by atoms with van der Waals surface area (Å²) in [5.41, 5.74) is 4.21. The van der Waals surface area contributed by atoms with Crippen LogP contribution in [0.1, 0.15) is 76.7 Å². The lowest BCUT2D eigenvalue weighted by molar-refractivity contribution is -0.114. The molecule has 0 bridgehead atoms. The fraction of sp³-hybridized carbons (Fsp3) is 0.567. The lowest BCUT2D eigenvalue weighted by atomic mass is 9.51. The molecule has 2 fully saturated rings. The van der Waals surface area contributed by atoms with Crippen LogP contribution in [0.5, 0.6) is 11.5 Å². The second kappa shape index (κ2) is 8.02. The maximum atomic E-state index is 12.2. The topological polar surface area (TPSA) is 55.8 Å². The van der Waals surface area contributed by atoms with Gasteiger partial charge in [-0.05, 0) is 85.3 Å². The van der Waals surface area contributed by atoms with Crippen LogP contribution in [0.25, 0.3) is 0 Å². The van der Waals surface area contributed by atoms with Crippen molar-refractivity contribution in [2.24, 2.45) is 17.3 Å². The van der Waals surface area contributed by atoms with Crippen molar-refractivity contribution < 1.29 is 19.4 Å². The molecule has 178 valence electrons. The van der Waals surface area contributed by atoms with E-state index in [9.17, 15) is 9.90 Å². The van der Waals surface area contributed by atoms with E-state index >= 15 is 0 Å². The second-order valence-electron chi connectivity index (χ2n) is 11.0. The molecule has 6 rings (SSSR count). The number of rotatable bonds is 1. The molecule has 4 nitrogen and oxygen atoms in total. The number of carbonyl (C=O) groups is 1. The van der Waals surface area contributed by atoms with Gasteiger partial charge < -0.3 is 14.6 Å². The molecular formula is C30H34O4. The van der Waals surface area contributed by atoms with Crippen LogP contribution in [0.15, 0.2) is 41.0 Å². The predicted molar refractivity (Wildman–Crippen MR) is 131 cm³/mol. The molecule has 1 aliphatic heterocycles. The van der Waals surface area contributed by atoms with E-state index in [1.807, 2.05) is 19.1 Å². The van der Waals surface area contributed by atoms with Crippen molar-refractivity contribution in [1.29, 1.82) is 0 Å². The second-order valence-corrected chi connectivity index (χ2v) is 11.0. The third-order valence-corrected chi connectivity index (χ3v) is 9.33. The lowest BCUT2D eigenvalue weighted by Gasteiger charge is -2.53. The van der Waals surface area contributed by atoms with Gasteiger partial charge in [0.2, 0.25) is 0 Å². The van der Waals surface area contributed by atoms with E-state index in [0.717, 1.165) is 56.4 Å². The van der Waals surface area contributed by atoms with E-state index in [1.54, 1.807) is 0 Å². The molecule has 0 spiro atoms. The molecule has 1 aromatic carbocycles. The molecule has 1 heterocycles. The van der Waals surface area contributed by atoms with Gasteiger partial charge in [-0.15, -0.1) is 5.92 Å². The molecule has 1 aromatic rings. The van der Waals surface area contributed by atoms with Gasteiger partial charge in [-0.25, -0.2) is 0 Å². The van der Waals surface area contributed by atoms with Gasteiger partial charge in [0.25, 0.3) is 0 Å². The van der Waals surface area contributed by atoms with E-state index < -0.39 is 5.60 Å². The van der Waals surface area contributed by atoms with E-state index in [1.165, 1.54) is 22.3 Å². The highest BCUT2D eigenvalue weighted by molar-refractivity contribution is 5.93. The maximum Gasteiger partial charge on any atom is 0.161 e. The summed E-state index contributed by atoms with van der Waals surface area (Å²) in [6.07, 6.45) is 8.77. The fourth-order valence-corrected chi connectivity index (χ4v) is 7.68. The van der Waals surface area contributed by atoms with Crippen molar-refractivity contribution in [2.45, 2.75) is 76.7 Å². The molecule has 4 aliphatic carbocycles. The number of hydrogen-bond donors (Lipinski definition) is 1. The first-order valence-electron chi connectivity index (χ1n) is 13.0. The van der Waals surface area contributed by atoms with E-state index in [4.69, 9.17) is 9.47 Å². The summed E-state index contributed by atoms with van der Waals surface area (Å²) in [6.45, 7) is 5.49. The summed E-state index contributed by atoms with van der Waals surface area (Å²) in [5.74, 6) is 9.44. The van der Waals surface area contributed by atoms with E-state index in [-0.39, 0.29) is 17.1 Å². The highest BCUT2D eigenvalue weighted by Crippen LogP contribution is 2.66. The Morgan fingerprint density at radius 3 is 2.76 bits per heavy atom. The average Bonchev–Trinajstić information content (AvgIpc) is 3.12. The van der Waals surface area contributed by atoms with Gasteiger partial charge in [0.05, 0.1) is 0 Å². The summed E-state index contributed by atoms with van der Waals surface area (Å²) >= 11 is 0. The number of fused-ring (bicyclic) bond motifs is 5. The minimum absolute atomic E-state index is 0.182. The summed E-state index contributed by atoms with van der Waals surface area (Å²) in [6, 6.07) is 6.38. The van der Waals surface area contributed by atoms with Crippen molar-refractivity contribution in [3.63, 3.8) is 0 Å². The van der Waals surface area contributed by atoms with Crippen molar-refractivity contribution in [3.8, 4) is 23.3 Å². The third-order valence-electron chi connectivity index (χ3n) is 9.33. The maximum absolute atomic E-state index is 12.2. The van der Waals surface area contributed by atoms with Gasteiger partial charge in [-0.1, -0.05) is 31.4 Å². The Bertz CT molecular complexity index is 1160. The van der Waals surface area contributed by atoms with Gasteiger partial charge in [0.1, 0.15) is 18.8 Å². The van der Waals surface area contributed by atoms with Crippen molar-refractivity contribution >= 4 is 5.78 Å². The number of ketones is 1. The van der Waals surface area contributed by atoms with E-state index in [0.29, 0.717) is 31.5 Å². The number of allylic oxidation sites excluding steroid dienone is 4. The first kappa shape index (κ1) is 22.0. The van der Waals surface area contributed by atoms with Crippen molar-refractivity contribution in [1.82, 2.24) is 0 Å². The highest BCUT2D eigenvalue weighted by Gasteiger charge is 2.62. The van der Waals surface area contributed by atoms with Crippen molar-refractivity contribution in [2.75, 3.05) is 13.2 Å². The van der Waals surface area contributed by atoms with Crippen LogP contribution in [0.4, 0.5) is 0 Å². The van der Waals surface area contributed by atoms with Gasteiger partial charge >= 0.3 is 0 Å². The number of ether oxygens (including phenoxy) is 2. The number of carbonyl (C=O) groups excluding carboxylic acids is 1. The van der Waals surface area contributed by atoms with Gasteiger partial charge in [0, 0.05) is 24.2 Å². The zero-order valence-electron chi connectivity index (χ0n) is 20.3. The molecule has 1 N–H and O–H groups in total. The molecule has 0 aromatic heterocycles. The van der Waals surface area contributed by atoms with Crippen LogP contribution in [-0.2, 0) is 4.79 Å². The number of aliphatic hydroxyl groups is 1. The first-order chi connectivity index (χ1) is 16.4. The Kier molecular flexibility index (Phi) is 5.19. The number of benzene rings is 1. The zero-order chi connectivity index (χ0) is 23.5. The van der Waals surface area contributed by atoms with Crippen LogP contribution in [-0.4, -0.2) is 29.7 Å². The standard InChI is InChI=1S/C30H34O4/c1-3-4-12-30(32)13-11-25-23-8-5-19-16-21(31)7-9-22(19)28(23)24(18-29(25,30)2)20-6-10-26-27(17-20)34-15-14-33-26/h6,10,16-17,23-25,32H,3,5,7-9,11,13-15,18H2,1-2H3/t23?,24-,25+,29+,30+/m1/s1. The van der Waals surface area contributed by atoms with E-state index in [2.05, 4.69) is 30.9 Å². The summed E-state index contributed by atoms with van der Waals surface area (Å²) in [5, 5.41) is 11.9. The van der Waals surface area contributed by atoms with Gasteiger partial charge in [-0.3, -0.25) is 4.79 Å². The summed E-state index contributed by atoms with van der Waals surface area (Å²) < 4.78 is 11.7. The van der Waals surface area contributed by atoms with Crippen LogP contribution >= 0.6 is 0 Å². The molecule has 5 atom stereocenters. The fourth-order valence-electron chi connectivity index (χ4n) is 7.68. The van der Waals surface area contributed by atoms with Gasteiger partial charge in [0.15, 0.2) is 17.3 Å². The molecule has 0 amide bonds. The Balaban J connectivity index is 1.51. The highest BCUT2D eigenvalue weighted by atomic mass is 16.6. The summed E-state index contributed by atoms with van der Waals surface area (Å²) in [7, 11) is 0. The molecule has 4 heteroatoms. The van der Waals surface area contributed by atoms with Crippen LogP contribution in [0.2, 0.25) is 0 Å². The lowest BCUT2D eigenvalue weighted by Crippen LogP contribution is -2.51. The average molecular weight is 459 g/mol. The molecule has 0 radical (unpaired) electrons. The molecule has 1 unspecified atom stereocenters. The molecule has 2 saturated carbocycles. The Hall–Kier alpha value is -2.51. The van der Waals surface area contributed by atoms with Crippen LogP contribution in [0, 0.1) is 29.1 Å². The number of hydrogen-bond acceptors (Lipinski definition) is 4. The quantitative estimate of drug-likeness (QED) is 0.565. The SMILES string of the molecule is CCC#C[C@]1(O)CC[C@H]2C3CCC4=CC(=O)CCC4=C3[C@@H](c3ccc4c(c3)OCCO4)C[C@@]21C. The monoisotopic (exact) mass is 458 g/mol. The molecule has 5 aliphatic rings.